The van der Waals surface area contributed by atoms with Gasteiger partial charge in [0.05, 0.1) is 17.8 Å². The minimum atomic E-state index is -0.361. The van der Waals surface area contributed by atoms with E-state index in [0.717, 1.165) is 19.3 Å². The number of benzene rings is 1. The first-order chi connectivity index (χ1) is 12.6. The highest BCUT2D eigenvalue weighted by Crippen LogP contribution is 2.26. The molecule has 0 aliphatic heterocycles. The fraction of sp³-hybridized carbons (Fsp3) is 0.316. The van der Waals surface area contributed by atoms with E-state index >= 15 is 0 Å². The Morgan fingerprint density at radius 3 is 2.81 bits per heavy atom. The Bertz CT molecular complexity index is 845. The maximum Gasteiger partial charge on any atom is 0.211 e. The molecule has 7 heteroatoms. The van der Waals surface area contributed by atoms with Gasteiger partial charge in [-0.25, -0.2) is 9.37 Å². The van der Waals surface area contributed by atoms with Crippen molar-refractivity contribution in [2.45, 2.75) is 38.1 Å². The number of hydrogen-bond acceptors (Lipinski definition) is 6. The zero-order valence-electron chi connectivity index (χ0n) is 14.2. The van der Waals surface area contributed by atoms with Gasteiger partial charge in [-0.1, -0.05) is 30.1 Å². The van der Waals surface area contributed by atoms with E-state index in [0.29, 0.717) is 35.7 Å². The molecule has 1 atom stereocenters. The van der Waals surface area contributed by atoms with Crippen molar-refractivity contribution < 1.29 is 18.1 Å². The maximum atomic E-state index is 13.8. The second kappa shape index (κ2) is 8.53. The van der Waals surface area contributed by atoms with Crippen LogP contribution in [0.2, 0.25) is 0 Å². The summed E-state index contributed by atoms with van der Waals surface area (Å²) in [6.45, 7) is 0. The molecule has 0 amide bonds. The molecule has 3 aromatic rings. The Kier molecular flexibility index (Phi) is 5.91. The molecule has 0 radical (unpaired) electrons. The van der Waals surface area contributed by atoms with Gasteiger partial charge in [0.2, 0.25) is 5.89 Å². The number of carbonyl (C=O) groups is 1. The van der Waals surface area contributed by atoms with Crippen LogP contribution in [0.4, 0.5) is 4.39 Å². The summed E-state index contributed by atoms with van der Waals surface area (Å²) in [6.07, 6.45) is 6.43. The molecule has 1 unspecified atom stereocenters. The van der Waals surface area contributed by atoms with Gasteiger partial charge in [0, 0.05) is 12.5 Å². The largest absolute Gasteiger partial charge is 0.439 e. The summed E-state index contributed by atoms with van der Waals surface area (Å²) in [5.74, 6) is 0.375. The molecule has 2 N–H and O–H groups in total. The smallest absolute Gasteiger partial charge is 0.211 e. The molecule has 0 saturated carbocycles. The third-order valence-electron chi connectivity index (χ3n) is 4.12. The summed E-state index contributed by atoms with van der Waals surface area (Å²) in [5.41, 5.74) is 6.83. The Morgan fingerprint density at radius 2 is 2.04 bits per heavy atom. The molecule has 0 aliphatic carbocycles. The van der Waals surface area contributed by atoms with Crippen LogP contribution >= 0.6 is 0 Å². The van der Waals surface area contributed by atoms with E-state index in [-0.39, 0.29) is 17.6 Å². The van der Waals surface area contributed by atoms with Crippen LogP contribution in [0.15, 0.2) is 51.7 Å². The normalized spacial score (nSPS) is 12.2. The number of ketones is 1. The monoisotopic (exact) mass is 357 g/mol. The van der Waals surface area contributed by atoms with Crippen molar-refractivity contribution in [1.29, 1.82) is 0 Å². The lowest BCUT2D eigenvalue weighted by Gasteiger charge is -2.07. The minimum Gasteiger partial charge on any atom is -0.439 e. The average molecular weight is 357 g/mol. The summed E-state index contributed by atoms with van der Waals surface area (Å²) in [4.78, 5) is 15.9. The van der Waals surface area contributed by atoms with Crippen LogP contribution in [0, 0.1) is 5.82 Å². The van der Waals surface area contributed by atoms with Gasteiger partial charge in [-0.2, -0.15) is 0 Å². The van der Waals surface area contributed by atoms with Crippen molar-refractivity contribution in [2.24, 2.45) is 5.73 Å². The van der Waals surface area contributed by atoms with E-state index in [1.54, 1.807) is 24.3 Å². The van der Waals surface area contributed by atoms with Gasteiger partial charge >= 0.3 is 0 Å². The summed E-state index contributed by atoms with van der Waals surface area (Å²) in [7, 11) is 0. The van der Waals surface area contributed by atoms with Crippen LogP contribution in [0.5, 0.6) is 0 Å². The van der Waals surface area contributed by atoms with Gasteiger partial charge in [0.15, 0.2) is 11.5 Å². The highest BCUT2D eigenvalue weighted by atomic mass is 19.1. The van der Waals surface area contributed by atoms with Crippen LogP contribution < -0.4 is 5.73 Å². The number of nitrogens with two attached hydrogens (primary N) is 1. The van der Waals surface area contributed by atoms with E-state index in [9.17, 15) is 9.18 Å². The Hall–Kier alpha value is -2.80. The van der Waals surface area contributed by atoms with Gasteiger partial charge in [0.1, 0.15) is 17.8 Å². The molecule has 0 saturated heterocycles. The number of hydrogen-bond donors (Lipinski definition) is 1. The first-order valence-corrected chi connectivity index (χ1v) is 8.55. The predicted octanol–water partition coefficient (Wildman–Crippen LogP) is 4.30. The molecule has 26 heavy (non-hydrogen) atoms. The van der Waals surface area contributed by atoms with Crippen LogP contribution in [0.25, 0.3) is 11.3 Å². The summed E-state index contributed by atoms with van der Waals surface area (Å²) in [5, 5.41) is 3.62. The Morgan fingerprint density at radius 1 is 1.19 bits per heavy atom. The summed E-state index contributed by atoms with van der Waals surface area (Å²) < 4.78 is 24.0. The molecule has 0 bridgehead atoms. The topological polar surface area (TPSA) is 95.2 Å². The zero-order valence-corrected chi connectivity index (χ0v) is 14.2. The predicted molar refractivity (Wildman–Crippen MR) is 92.7 cm³/mol. The number of nitrogens with zero attached hydrogens (tertiary/aromatic N) is 2. The fourth-order valence-electron chi connectivity index (χ4n) is 2.68. The maximum absolute atomic E-state index is 13.8. The standard InChI is InChI=1S/C19H20FN3O3/c20-14-7-5-4-6-13(14)18-12-22-19(26-18)15(21)8-2-1-3-9-17(24)16-10-11-25-23-16/h4-7,10-12,15H,1-3,8-9,21H2. The van der Waals surface area contributed by atoms with Crippen molar-refractivity contribution in [3.63, 3.8) is 0 Å². The fourth-order valence-corrected chi connectivity index (χ4v) is 2.68. The first-order valence-electron chi connectivity index (χ1n) is 8.55. The van der Waals surface area contributed by atoms with E-state index in [1.807, 2.05) is 0 Å². The number of halogens is 1. The third kappa shape index (κ3) is 4.43. The molecule has 0 spiro atoms. The molecule has 0 fully saturated rings. The molecule has 0 aliphatic rings. The van der Waals surface area contributed by atoms with Crippen molar-refractivity contribution in [3.05, 3.63) is 60.2 Å². The molecule has 2 heterocycles. The van der Waals surface area contributed by atoms with Gasteiger partial charge in [-0.15, -0.1) is 0 Å². The van der Waals surface area contributed by atoms with Crippen molar-refractivity contribution in [1.82, 2.24) is 10.1 Å². The van der Waals surface area contributed by atoms with E-state index in [4.69, 9.17) is 10.2 Å². The van der Waals surface area contributed by atoms with Gasteiger partial charge < -0.3 is 14.7 Å². The summed E-state index contributed by atoms with van der Waals surface area (Å²) >= 11 is 0. The Labute approximate surface area is 150 Å². The lowest BCUT2D eigenvalue weighted by atomic mass is 10.1. The first kappa shape index (κ1) is 18.0. The lowest BCUT2D eigenvalue weighted by molar-refractivity contribution is 0.0970. The van der Waals surface area contributed by atoms with Crippen molar-refractivity contribution >= 4 is 5.78 Å². The molecule has 1 aromatic carbocycles. The number of oxazole rings is 1. The number of aromatic nitrogens is 2. The zero-order chi connectivity index (χ0) is 18.4. The highest BCUT2D eigenvalue weighted by Gasteiger charge is 2.16. The van der Waals surface area contributed by atoms with Gasteiger partial charge in [-0.3, -0.25) is 4.79 Å². The SMILES string of the molecule is NC(CCCCCC(=O)c1ccon1)c1ncc(-c2ccccc2F)o1. The van der Waals surface area contributed by atoms with Crippen LogP contribution in [0.3, 0.4) is 0 Å². The highest BCUT2D eigenvalue weighted by molar-refractivity contribution is 5.93. The van der Waals surface area contributed by atoms with Crippen molar-refractivity contribution in [3.8, 4) is 11.3 Å². The number of carbonyl (C=O) groups excluding carboxylic acids is 1. The second-order valence-corrected chi connectivity index (χ2v) is 6.06. The van der Waals surface area contributed by atoms with Crippen molar-refractivity contribution in [2.75, 3.05) is 0 Å². The van der Waals surface area contributed by atoms with E-state index < -0.39 is 0 Å². The molecule has 3 rings (SSSR count). The second-order valence-electron chi connectivity index (χ2n) is 6.06. The molecule has 6 nitrogen and oxygen atoms in total. The third-order valence-corrected chi connectivity index (χ3v) is 4.12. The molecular weight excluding hydrogens is 337 g/mol. The van der Waals surface area contributed by atoms with E-state index in [2.05, 4.69) is 14.7 Å². The number of unbranched alkanes of at least 4 members (excludes halogenated alkanes) is 2. The lowest BCUT2D eigenvalue weighted by Crippen LogP contribution is -2.10. The minimum absolute atomic E-state index is 0.0229. The molecule has 136 valence electrons. The Balaban J connectivity index is 1.43. The van der Waals surface area contributed by atoms with Gasteiger partial charge in [0.25, 0.3) is 0 Å². The van der Waals surface area contributed by atoms with E-state index in [1.165, 1.54) is 18.5 Å². The van der Waals surface area contributed by atoms with Crippen LogP contribution in [0.1, 0.15) is 54.5 Å². The quantitative estimate of drug-likeness (QED) is 0.453. The van der Waals surface area contributed by atoms with Crippen LogP contribution in [-0.4, -0.2) is 15.9 Å². The molecular formula is C19H20FN3O3. The van der Waals surface area contributed by atoms with Crippen LogP contribution in [-0.2, 0) is 0 Å². The summed E-state index contributed by atoms with van der Waals surface area (Å²) in [6, 6.07) is 7.57. The number of rotatable bonds is 9. The van der Waals surface area contributed by atoms with Gasteiger partial charge in [-0.05, 0) is 25.0 Å². The molecule has 2 aromatic heterocycles. The average Bonchev–Trinajstić information content (AvgIpc) is 3.33. The number of Topliss-reactive ketones (excluding diaryl/α,β-unsaturated/α-hetero) is 1.